The number of nitriles is 1. The number of anilines is 1. The number of nitrogens with zero attached hydrogens (tertiary/aromatic N) is 2. The summed E-state index contributed by atoms with van der Waals surface area (Å²) < 4.78 is 0. The Bertz CT molecular complexity index is 660. The zero-order chi connectivity index (χ0) is 13.9. The SMILES string of the molecule is N#Cc1cccc(CN2CCC(O)c3ccccc32)c1. The molecule has 1 unspecified atom stereocenters. The molecule has 0 bridgehead atoms. The highest BCUT2D eigenvalue weighted by molar-refractivity contribution is 5.57. The van der Waals surface area contributed by atoms with Crippen molar-refractivity contribution in [2.45, 2.75) is 19.1 Å². The molecule has 3 rings (SSSR count). The van der Waals surface area contributed by atoms with Gasteiger partial charge in [-0.25, -0.2) is 0 Å². The van der Waals surface area contributed by atoms with Crippen LogP contribution in [0.5, 0.6) is 0 Å². The van der Waals surface area contributed by atoms with Gasteiger partial charge in [-0.3, -0.25) is 0 Å². The van der Waals surface area contributed by atoms with E-state index in [9.17, 15) is 5.11 Å². The van der Waals surface area contributed by atoms with Gasteiger partial charge >= 0.3 is 0 Å². The molecule has 1 aliphatic heterocycles. The van der Waals surface area contributed by atoms with Gasteiger partial charge in [0.1, 0.15) is 0 Å². The van der Waals surface area contributed by atoms with E-state index in [2.05, 4.69) is 11.0 Å². The number of benzene rings is 2. The second-order valence-corrected chi connectivity index (χ2v) is 5.10. The third kappa shape index (κ3) is 2.38. The summed E-state index contributed by atoms with van der Waals surface area (Å²) >= 11 is 0. The third-order valence-corrected chi connectivity index (χ3v) is 3.74. The first-order valence-corrected chi connectivity index (χ1v) is 6.79. The first-order chi connectivity index (χ1) is 9.78. The molecule has 0 aromatic heterocycles. The zero-order valence-electron chi connectivity index (χ0n) is 11.2. The summed E-state index contributed by atoms with van der Waals surface area (Å²) in [5.74, 6) is 0. The fraction of sp³-hybridized carbons (Fsp3) is 0.235. The van der Waals surface area contributed by atoms with Crippen LogP contribution >= 0.6 is 0 Å². The highest BCUT2D eigenvalue weighted by atomic mass is 16.3. The molecule has 1 heterocycles. The van der Waals surface area contributed by atoms with E-state index in [0.29, 0.717) is 5.56 Å². The van der Waals surface area contributed by atoms with Gasteiger partial charge in [-0.2, -0.15) is 5.26 Å². The number of aliphatic hydroxyl groups is 1. The Kier molecular flexibility index (Phi) is 3.41. The maximum Gasteiger partial charge on any atom is 0.0991 e. The lowest BCUT2D eigenvalue weighted by Gasteiger charge is -2.33. The Labute approximate surface area is 118 Å². The number of para-hydroxylation sites is 1. The van der Waals surface area contributed by atoms with Crippen LogP contribution in [0.4, 0.5) is 5.69 Å². The topological polar surface area (TPSA) is 47.3 Å². The summed E-state index contributed by atoms with van der Waals surface area (Å²) in [5, 5.41) is 19.0. The molecule has 0 amide bonds. The number of hydrogen-bond donors (Lipinski definition) is 1. The average molecular weight is 264 g/mol. The molecule has 0 saturated heterocycles. The molecule has 0 saturated carbocycles. The van der Waals surface area contributed by atoms with Gasteiger partial charge in [0, 0.05) is 24.3 Å². The van der Waals surface area contributed by atoms with Gasteiger partial charge < -0.3 is 10.0 Å². The lowest BCUT2D eigenvalue weighted by molar-refractivity contribution is 0.164. The summed E-state index contributed by atoms with van der Waals surface area (Å²) in [4.78, 5) is 2.26. The fourth-order valence-corrected chi connectivity index (χ4v) is 2.74. The quantitative estimate of drug-likeness (QED) is 0.907. The smallest absolute Gasteiger partial charge is 0.0991 e. The molecule has 100 valence electrons. The van der Waals surface area contributed by atoms with Gasteiger partial charge in [0.05, 0.1) is 17.7 Å². The van der Waals surface area contributed by atoms with Gasteiger partial charge in [-0.05, 0) is 30.2 Å². The van der Waals surface area contributed by atoms with E-state index in [-0.39, 0.29) is 6.10 Å². The minimum Gasteiger partial charge on any atom is -0.388 e. The molecule has 0 radical (unpaired) electrons. The summed E-state index contributed by atoms with van der Waals surface area (Å²) in [5.41, 5.74) is 3.90. The number of aliphatic hydroxyl groups excluding tert-OH is 1. The van der Waals surface area contributed by atoms with E-state index < -0.39 is 0 Å². The molecular weight excluding hydrogens is 248 g/mol. The van der Waals surface area contributed by atoms with Crippen LogP contribution in [0.3, 0.4) is 0 Å². The summed E-state index contributed by atoms with van der Waals surface area (Å²) in [6, 6.07) is 17.9. The van der Waals surface area contributed by atoms with Crippen LogP contribution in [0.25, 0.3) is 0 Å². The van der Waals surface area contributed by atoms with Crippen molar-refractivity contribution < 1.29 is 5.11 Å². The normalized spacial score (nSPS) is 17.4. The van der Waals surface area contributed by atoms with Crippen molar-refractivity contribution in [3.05, 3.63) is 65.2 Å². The van der Waals surface area contributed by atoms with Crippen LogP contribution in [0, 0.1) is 11.3 Å². The zero-order valence-corrected chi connectivity index (χ0v) is 11.2. The number of hydrogen-bond acceptors (Lipinski definition) is 3. The van der Waals surface area contributed by atoms with Crippen LogP contribution in [-0.2, 0) is 6.54 Å². The molecule has 1 aliphatic rings. The van der Waals surface area contributed by atoms with Gasteiger partial charge in [0.15, 0.2) is 0 Å². The van der Waals surface area contributed by atoms with Gasteiger partial charge in [-0.1, -0.05) is 30.3 Å². The Balaban J connectivity index is 1.89. The van der Waals surface area contributed by atoms with Crippen LogP contribution in [0.1, 0.15) is 29.2 Å². The molecule has 0 fully saturated rings. The van der Waals surface area contributed by atoms with Crippen molar-refractivity contribution in [2.24, 2.45) is 0 Å². The maximum absolute atomic E-state index is 10.1. The van der Waals surface area contributed by atoms with Crippen LogP contribution < -0.4 is 4.90 Å². The van der Waals surface area contributed by atoms with E-state index in [4.69, 9.17) is 5.26 Å². The molecule has 1 N–H and O–H groups in total. The predicted molar refractivity (Wildman–Crippen MR) is 78.2 cm³/mol. The van der Waals surface area contributed by atoms with Crippen molar-refractivity contribution in [3.63, 3.8) is 0 Å². The van der Waals surface area contributed by atoms with E-state index in [0.717, 1.165) is 36.3 Å². The van der Waals surface area contributed by atoms with Crippen molar-refractivity contribution in [2.75, 3.05) is 11.4 Å². The van der Waals surface area contributed by atoms with Gasteiger partial charge in [0.25, 0.3) is 0 Å². The van der Waals surface area contributed by atoms with Crippen molar-refractivity contribution in [1.82, 2.24) is 0 Å². The molecule has 2 aromatic rings. The minimum absolute atomic E-state index is 0.368. The predicted octanol–water partition coefficient (Wildman–Crippen LogP) is 3.00. The van der Waals surface area contributed by atoms with Crippen LogP contribution in [0.2, 0.25) is 0 Å². The van der Waals surface area contributed by atoms with Crippen molar-refractivity contribution >= 4 is 5.69 Å². The molecule has 3 nitrogen and oxygen atoms in total. The Morgan fingerprint density at radius 2 is 2.05 bits per heavy atom. The van der Waals surface area contributed by atoms with E-state index in [1.807, 2.05) is 48.5 Å². The highest BCUT2D eigenvalue weighted by Crippen LogP contribution is 2.34. The summed E-state index contributed by atoms with van der Waals surface area (Å²) in [6.45, 7) is 1.59. The van der Waals surface area contributed by atoms with Crippen LogP contribution in [0.15, 0.2) is 48.5 Å². The van der Waals surface area contributed by atoms with E-state index >= 15 is 0 Å². The lowest BCUT2D eigenvalue weighted by atomic mass is 9.98. The Hall–Kier alpha value is -2.31. The average Bonchev–Trinajstić information content (AvgIpc) is 2.51. The standard InChI is InChI=1S/C17H16N2O/c18-11-13-4-3-5-14(10-13)12-19-9-8-17(20)15-6-1-2-7-16(15)19/h1-7,10,17,20H,8-9,12H2. The molecular formula is C17H16N2O. The molecule has 0 spiro atoms. The van der Waals surface area contributed by atoms with E-state index in [1.54, 1.807) is 0 Å². The largest absolute Gasteiger partial charge is 0.388 e. The maximum atomic E-state index is 10.1. The molecule has 2 aromatic carbocycles. The fourth-order valence-electron chi connectivity index (χ4n) is 2.74. The van der Waals surface area contributed by atoms with Crippen molar-refractivity contribution in [3.8, 4) is 6.07 Å². The van der Waals surface area contributed by atoms with Crippen molar-refractivity contribution in [1.29, 1.82) is 5.26 Å². The molecule has 0 aliphatic carbocycles. The third-order valence-electron chi connectivity index (χ3n) is 3.74. The van der Waals surface area contributed by atoms with Crippen LogP contribution in [-0.4, -0.2) is 11.7 Å². The second kappa shape index (κ2) is 5.36. The summed E-state index contributed by atoms with van der Waals surface area (Å²) in [7, 11) is 0. The number of rotatable bonds is 2. The molecule has 20 heavy (non-hydrogen) atoms. The first-order valence-electron chi connectivity index (χ1n) is 6.79. The Morgan fingerprint density at radius 3 is 2.90 bits per heavy atom. The first kappa shape index (κ1) is 12.7. The highest BCUT2D eigenvalue weighted by Gasteiger charge is 2.22. The van der Waals surface area contributed by atoms with E-state index in [1.165, 1.54) is 0 Å². The second-order valence-electron chi connectivity index (χ2n) is 5.10. The molecule has 1 atom stereocenters. The summed E-state index contributed by atoms with van der Waals surface area (Å²) in [6.07, 6.45) is 0.377. The lowest BCUT2D eigenvalue weighted by Crippen LogP contribution is -2.30. The molecule has 3 heteroatoms. The number of fused-ring (bicyclic) bond motifs is 1. The monoisotopic (exact) mass is 264 g/mol. The van der Waals surface area contributed by atoms with Gasteiger partial charge in [0.2, 0.25) is 0 Å². The van der Waals surface area contributed by atoms with Gasteiger partial charge in [-0.15, -0.1) is 0 Å². The minimum atomic E-state index is -0.368. The Morgan fingerprint density at radius 1 is 1.20 bits per heavy atom.